The highest BCUT2D eigenvalue weighted by Gasteiger charge is 2.43. The van der Waals surface area contributed by atoms with Crippen LogP contribution in [0.15, 0.2) is 12.1 Å². The summed E-state index contributed by atoms with van der Waals surface area (Å²) in [5, 5.41) is 0. The molecule has 2 bridgehead atoms. The van der Waals surface area contributed by atoms with Crippen LogP contribution in [0.4, 0.5) is 4.39 Å². The fourth-order valence-corrected chi connectivity index (χ4v) is 3.88. The van der Waals surface area contributed by atoms with Crippen LogP contribution in [0, 0.1) is 15.3 Å². The van der Waals surface area contributed by atoms with E-state index in [2.05, 4.69) is 15.9 Å². The third kappa shape index (κ3) is 1.49. The van der Waals surface area contributed by atoms with E-state index in [0.29, 0.717) is 9.49 Å². The van der Waals surface area contributed by atoms with Gasteiger partial charge in [0.1, 0.15) is 5.82 Å². The molecule has 1 saturated carbocycles. The van der Waals surface area contributed by atoms with Crippen LogP contribution in [0.25, 0.3) is 0 Å². The number of fused-ring (bicyclic) bond motifs is 1. The van der Waals surface area contributed by atoms with E-state index in [0.717, 1.165) is 24.0 Å². The number of rotatable bonds is 0. The molecule has 0 saturated heterocycles. The van der Waals surface area contributed by atoms with Gasteiger partial charge in [-0.2, -0.15) is 0 Å². The lowest BCUT2D eigenvalue weighted by Crippen LogP contribution is -2.26. The Kier molecular flexibility index (Phi) is 2.62. The first-order chi connectivity index (χ1) is 7.58. The summed E-state index contributed by atoms with van der Waals surface area (Å²) in [5.74, 6) is 0.662. The summed E-state index contributed by atoms with van der Waals surface area (Å²) in [6.45, 7) is 0. The third-order valence-corrected chi connectivity index (χ3v) is 5.40. The number of carbonyl (C=O) groups excluding carboxylic acids is 1. The summed E-state index contributed by atoms with van der Waals surface area (Å²) in [6, 6.07) is 3.42. The first kappa shape index (κ1) is 11.1. The highest BCUT2D eigenvalue weighted by atomic mass is 127. The first-order valence-electron chi connectivity index (χ1n) is 5.24. The summed E-state index contributed by atoms with van der Waals surface area (Å²) >= 11 is 5.43. The number of Topliss-reactive ketones (excluding diaryl/α,β-unsaturated/α-hetero) is 1. The highest BCUT2D eigenvalue weighted by molar-refractivity contribution is 14.1. The molecule has 0 spiro atoms. The number of benzene rings is 1. The van der Waals surface area contributed by atoms with Crippen LogP contribution in [-0.4, -0.2) is 5.78 Å². The molecule has 0 aliphatic heterocycles. The molecule has 4 heteroatoms. The van der Waals surface area contributed by atoms with E-state index in [-0.39, 0.29) is 22.3 Å². The van der Waals surface area contributed by atoms with E-state index in [9.17, 15) is 9.18 Å². The predicted molar refractivity (Wildman–Crippen MR) is 71.3 cm³/mol. The zero-order valence-corrected chi connectivity index (χ0v) is 12.1. The van der Waals surface area contributed by atoms with Crippen molar-refractivity contribution >= 4 is 44.3 Å². The standard InChI is InChI=1S/C12H9BrFIO/c13-11-8-4-10(15)9(14)3-7(8)5-1-6(2-5)12(11)16/h3-6,11H,1-2H2. The molecule has 84 valence electrons. The molecule has 0 amide bonds. The van der Waals surface area contributed by atoms with Gasteiger partial charge in [-0.05, 0) is 64.6 Å². The van der Waals surface area contributed by atoms with Gasteiger partial charge in [0.15, 0.2) is 5.78 Å². The zero-order chi connectivity index (χ0) is 11.4. The maximum Gasteiger partial charge on any atom is 0.154 e. The summed E-state index contributed by atoms with van der Waals surface area (Å²) in [7, 11) is 0. The van der Waals surface area contributed by atoms with Crippen molar-refractivity contribution in [3.05, 3.63) is 32.6 Å². The average molecular weight is 395 g/mol. The number of hydrogen-bond acceptors (Lipinski definition) is 1. The Bertz CT molecular complexity index is 482. The smallest absolute Gasteiger partial charge is 0.154 e. The molecule has 0 radical (unpaired) electrons. The minimum Gasteiger partial charge on any atom is -0.298 e. The molecular formula is C12H9BrFIO. The lowest BCUT2D eigenvalue weighted by Gasteiger charge is -2.32. The van der Waals surface area contributed by atoms with Gasteiger partial charge in [0.2, 0.25) is 0 Å². The fraction of sp³-hybridized carbons (Fsp3) is 0.417. The molecule has 1 atom stereocenters. The van der Waals surface area contributed by atoms with Gasteiger partial charge in [-0.1, -0.05) is 15.9 Å². The topological polar surface area (TPSA) is 17.1 Å². The van der Waals surface area contributed by atoms with E-state index in [1.807, 2.05) is 28.7 Å². The Morgan fingerprint density at radius 1 is 1.25 bits per heavy atom. The maximum atomic E-state index is 13.5. The molecule has 1 unspecified atom stereocenters. The van der Waals surface area contributed by atoms with Crippen molar-refractivity contribution in [1.82, 2.24) is 0 Å². The number of halogens is 3. The molecule has 0 N–H and O–H groups in total. The number of hydrogen-bond donors (Lipinski definition) is 0. The Labute approximate surface area is 115 Å². The summed E-state index contributed by atoms with van der Waals surface area (Å²) < 4.78 is 14.1. The Hall–Kier alpha value is 0.0300. The lowest BCUT2D eigenvalue weighted by molar-refractivity contribution is -0.124. The Morgan fingerprint density at radius 2 is 1.94 bits per heavy atom. The van der Waals surface area contributed by atoms with Gasteiger partial charge < -0.3 is 0 Å². The third-order valence-electron chi connectivity index (χ3n) is 3.63. The molecule has 1 fully saturated rings. The molecule has 0 heterocycles. The second-order valence-electron chi connectivity index (χ2n) is 4.53. The van der Waals surface area contributed by atoms with Gasteiger partial charge >= 0.3 is 0 Å². The molecule has 1 aromatic carbocycles. The van der Waals surface area contributed by atoms with Crippen molar-refractivity contribution in [2.75, 3.05) is 0 Å². The van der Waals surface area contributed by atoms with E-state index in [1.165, 1.54) is 0 Å². The first-order valence-corrected chi connectivity index (χ1v) is 7.24. The summed E-state index contributed by atoms with van der Waals surface area (Å²) in [5.41, 5.74) is 2.00. The number of carbonyl (C=O) groups is 1. The van der Waals surface area contributed by atoms with Gasteiger partial charge in [-0.15, -0.1) is 0 Å². The zero-order valence-electron chi connectivity index (χ0n) is 8.34. The average Bonchev–Trinajstić information content (AvgIpc) is 2.32. The van der Waals surface area contributed by atoms with Gasteiger partial charge in [0.05, 0.1) is 4.83 Å². The Balaban J connectivity index is 2.20. The summed E-state index contributed by atoms with van der Waals surface area (Å²) in [4.78, 5) is 11.8. The molecule has 3 aliphatic carbocycles. The van der Waals surface area contributed by atoms with Crippen LogP contribution in [0.3, 0.4) is 0 Å². The molecule has 0 aromatic heterocycles. The SMILES string of the molecule is O=C1C2CC(C2)c2cc(F)c(I)cc2C1Br. The van der Waals surface area contributed by atoms with Crippen LogP contribution in [0.1, 0.15) is 34.7 Å². The van der Waals surface area contributed by atoms with Crippen molar-refractivity contribution in [3.8, 4) is 0 Å². The maximum absolute atomic E-state index is 13.5. The van der Waals surface area contributed by atoms with E-state index >= 15 is 0 Å². The van der Waals surface area contributed by atoms with Gasteiger partial charge in [-0.25, -0.2) is 4.39 Å². The molecule has 1 nitrogen and oxygen atoms in total. The van der Waals surface area contributed by atoms with Crippen molar-refractivity contribution in [3.63, 3.8) is 0 Å². The molecule has 1 aromatic rings. The van der Waals surface area contributed by atoms with Crippen molar-refractivity contribution in [2.45, 2.75) is 23.6 Å². The second-order valence-corrected chi connectivity index (χ2v) is 6.60. The molecule has 3 aliphatic rings. The Morgan fingerprint density at radius 3 is 2.62 bits per heavy atom. The van der Waals surface area contributed by atoms with Crippen LogP contribution < -0.4 is 0 Å². The molecular weight excluding hydrogens is 386 g/mol. The van der Waals surface area contributed by atoms with Gasteiger partial charge in [0, 0.05) is 9.49 Å². The number of ketones is 1. The van der Waals surface area contributed by atoms with Gasteiger partial charge in [-0.3, -0.25) is 4.79 Å². The van der Waals surface area contributed by atoms with Crippen molar-refractivity contribution in [1.29, 1.82) is 0 Å². The van der Waals surface area contributed by atoms with Crippen LogP contribution in [0.5, 0.6) is 0 Å². The normalized spacial score (nSPS) is 31.7. The van der Waals surface area contributed by atoms with E-state index in [4.69, 9.17) is 0 Å². The lowest BCUT2D eigenvalue weighted by atomic mass is 9.72. The second kappa shape index (κ2) is 3.77. The fourth-order valence-electron chi connectivity index (χ4n) is 2.61. The quantitative estimate of drug-likeness (QED) is 0.481. The van der Waals surface area contributed by atoms with Crippen molar-refractivity contribution < 1.29 is 9.18 Å². The minimum atomic E-state index is -0.242. The highest BCUT2D eigenvalue weighted by Crippen LogP contribution is 2.51. The molecule has 4 rings (SSSR count). The minimum absolute atomic E-state index is 0.170. The molecule has 16 heavy (non-hydrogen) atoms. The van der Waals surface area contributed by atoms with E-state index < -0.39 is 0 Å². The van der Waals surface area contributed by atoms with Crippen molar-refractivity contribution in [2.24, 2.45) is 5.92 Å². The monoisotopic (exact) mass is 394 g/mol. The van der Waals surface area contributed by atoms with Crippen LogP contribution in [0.2, 0.25) is 0 Å². The number of alkyl halides is 1. The predicted octanol–water partition coefficient (Wildman–Crippen LogP) is 3.94. The van der Waals surface area contributed by atoms with Crippen LogP contribution >= 0.6 is 38.5 Å². The largest absolute Gasteiger partial charge is 0.298 e. The van der Waals surface area contributed by atoms with E-state index in [1.54, 1.807) is 6.07 Å². The summed E-state index contributed by atoms with van der Waals surface area (Å²) in [6.07, 6.45) is 1.79. The van der Waals surface area contributed by atoms with Crippen LogP contribution in [-0.2, 0) is 4.79 Å². The van der Waals surface area contributed by atoms with Gasteiger partial charge in [0.25, 0.3) is 0 Å².